The van der Waals surface area contributed by atoms with E-state index in [1.807, 2.05) is 12.1 Å². The van der Waals surface area contributed by atoms with Gasteiger partial charge in [-0.25, -0.2) is 0 Å². The van der Waals surface area contributed by atoms with Crippen molar-refractivity contribution in [3.63, 3.8) is 0 Å². The van der Waals surface area contributed by atoms with E-state index in [4.69, 9.17) is 0 Å². The molecule has 0 aromatic heterocycles. The Morgan fingerprint density at radius 2 is 1.84 bits per heavy atom. The van der Waals surface area contributed by atoms with Crippen LogP contribution in [0.5, 0.6) is 0 Å². The summed E-state index contributed by atoms with van der Waals surface area (Å²) < 4.78 is 0. The Balaban J connectivity index is 1.88. The summed E-state index contributed by atoms with van der Waals surface area (Å²) in [4.78, 5) is 12.2. The predicted octanol–water partition coefficient (Wildman–Crippen LogP) is 5.35. The summed E-state index contributed by atoms with van der Waals surface area (Å²) >= 11 is 0. The van der Waals surface area contributed by atoms with Crippen LogP contribution in [0.2, 0.25) is 0 Å². The molecule has 0 heterocycles. The van der Waals surface area contributed by atoms with Crippen LogP contribution >= 0.6 is 0 Å². The molecule has 0 radical (unpaired) electrons. The Morgan fingerprint density at radius 1 is 1.21 bits per heavy atom. The van der Waals surface area contributed by atoms with Crippen molar-refractivity contribution in [1.82, 2.24) is 0 Å². The van der Waals surface area contributed by atoms with Gasteiger partial charge in [0.15, 0.2) is 5.78 Å². The first kappa shape index (κ1) is 14.3. The number of carbonyl (C=O) groups is 1. The quantitative estimate of drug-likeness (QED) is 0.628. The van der Waals surface area contributed by atoms with Gasteiger partial charge < -0.3 is 0 Å². The summed E-state index contributed by atoms with van der Waals surface area (Å²) in [7, 11) is 0. The average molecular weight is 258 g/mol. The molecule has 0 bridgehead atoms. The fourth-order valence-electron chi connectivity index (χ4n) is 3.01. The van der Waals surface area contributed by atoms with Crippen LogP contribution in [0.15, 0.2) is 24.3 Å². The lowest BCUT2D eigenvalue weighted by atomic mass is 9.94. The fraction of sp³-hybridized carbons (Fsp3) is 0.611. The van der Waals surface area contributed by atoms with Crippen molar-refractivity contribution >= 4 is 5.78 Å². The second-order valence-corrected chi connectivity index (χ2v) is 6.04. The monoisotopic (exact) mass is 258 g/mol. The summed E-state index contributed by atoms with van der Waals surface area (Å²) in [5, 5.41) is 0. The van der Waals surface area contributed by atoms with E-state index in [1.165, 1.54) is 31.2 Å². The molecule has 19 heavy (non-hydrogen) atoms. The second-order valence-electron chi connectivity index (χ2n) is 6.04. The highest BCUT2D eigenvalue weighted by Crippen LogP contribution is 2.29. The Bertz CT molecular complexity index is 398. The molecule has 1 heteroatoms. The molecule has 0 saturated heterocycles. The van der Waals surface area contributed by atoms with E-state index in [1.54, 1.807) is 0 Å². The zero-order chi connectivity index (χ0) is 13.7. The second kappa shape index (κ2) is 6.88. The van der Waals surface area contributed by atoms with Crippen LogP contribution in [0.25, 0.3) is 0 Å². The van der Waals surface area contributed by atoms with Crippen molar-refractivity contribution in [2.75, 3.05) is 0 Å². The molecule has 1 atom stereocenters. The molecule has 2 rings (SSSR count). The minimum atomic E-state index is 0.322. The first-order valence-electron chi connectivity index (χ1n) is 7.84. The molecule has 1 aromatic rings. The van der Waals surface area contributed by atoms with Crippen molar-refractivity contribution in [1.29, 1.82) is 0 Å². The molecule has 0 aliphatic heterocycles. The first-order valence-corrected chi connectivity index (χ1v) is 7.84. The maximum atomic E-state index is 12.2. The highest BCUT2D eigenvalue weighted by molar-refractivity contribution is 5.96. The zero-order valence-corrected chi connectivity index (χ0v) is 12.3. The molecule has 0 spiro atoms. The maximum absolute atomic E-state index is 12.2. The molecule has 1 nitrogen and oxygen atoms in total. The standard InChI is InChI=1S/C18H26O/c1-3-14(2)16-9-11-17(12-10-16)18(19)13-8-15-6-4-5-7-15/h9-12,14-15H,3-8,13H2,1-2H3. The summed E-state index contributed by atoms with van der Waals surface area (Å²) in [6, 6.07) is 8.27. The van der Waals surface area contributed by atoms with Crippen LogP contribution in [0, 0.1) is 5.92 Å². The van der Waals surface area contributed by atoms with Gasteiger partial charge in [-0.1, -0.05) is 63.8 Å². The van der Waals surface area contributed by atoms with Gasteiger partial charge in [0.05, 0.1) is 0 Å². The molecule has 1 unspecified atom stereocenters. The van der Waals surface area contributed by atoms with E-state index in [0.29, 0.717) is 11.7 Å². The van der Waals surface area contributed by atoms with E-state index < -0.39 is 0 Å². The van der Waals surface area contributed by atoms with Crippen molar-refractivity contribution in [3.05, 3.63) is 35.4 Å². The Hall–Kier alpha value is -1.11. The molecule has 0 amide bonds. The van der Waals surface area contributed by atoms with Gasteiger partial charge in [-0.05, 0) is 30.2 Å². The van der Waals surface area contributed by atoms with Crippen LogP contribution in [0.1, 0.15) is 80.6 Å². The molecule has 1 fully saturated rings. The topological polar surface area (TPSA) is 17.1 Å². The number of hydrogen-bond donors (Lipinski definition) is 0. The Labute approximate surface area is 117 Å². The lowest BCUT2D eigenvalue weighted by Gasteiger charge is -2.10. The molecule has 0 N–H and O–H groups in total. The van der Waals surface area contributed by atoms with Gasteiger partial charge in [0.2, 0.25) is 0 Å². The van der Waals surface area contributed by atoms with Crippen molar-refractivity contribution in [3.8, 4) is 0 Å². The lowest BCUT2D eigenvalue weighted by molar-refractivity contribution is 0.0974. The van der Waals surface area contributed by atoms with E-state index in [9.17, 15) is 4.79 Å². The maximum Gasteiger partial charge on any atom is 0.162 e. The van der Waals surface area contributed by atoms with Gasteiger partial charge in [0.1, 0.15) is 0 Å². The van der Waals surface area contributed by atoms with Gasteiger partial charge in [0, 0.05) is 12.0 Å². The van der Waals surface area contributed by atoms with Gasteiger partial charge in [-0.15, -0.1) is 0 Å². The Morgan fingerprint density at radius 3 is 2.42 bits per heavy atom. The summed E-state index contributed by atoms with van der Waals surface area (Å²) in [6.07, 6.45) is 8.36. The Kier molecular flexibility index (Phi) is 5.18. The molecule has 1 aliphatic rings. The molecule has 1 aliphatic carbocycles. The molecule has 1 aromatic carbocycles. The fourth-order valence-corrected chi connectivity index (χ4v) is 3.01. The number of benzene rings is 1. The average Bonchev–Trinajstić information content (AvgIpc) is 2.97. The first-order chi connectivity index (χ1) is 9.20. The van der Waals surface area contributed by atoms with Crippen LogP contribution in [0.4, 0.5) is 0 Å². The van der Waals surface area contributed by atoms with Gasteiger partial charge in [0.25, 0.3) is 0 Å². The number of rotatable bonds is 6. The molecule has 104 valence electrons. The smallest absolute Gasteiger partial charge is 0.162 e. The van der Waals surface area contributed by atoms with E-state index in [2.05, 4.69) is 26.0 Å². The molecule has 1 saturated carbocycles. The van der Waals surface area contributed by atoms with E-state index in [0.717, 1.165) is 30.7 Å². The number of ketones is 1. The van der Waals surface area contributed by atoms with Gasteiger partial charge >= 0.3 is 0 Å². The lowest BCUT2D eigenvalue weighted by Crippen LogP contribution is -2.03. The van der Waals surface area contributed by atoms with Crippen molar-refractivity contribution in [2.45, 2.75) is 64.7 Å². The van der Waals surface area contributed by atoms with Crippen molar-refractivity contribution < 1.29 is 4.79 Å². The molecular formula is C18H26O. The summed E-state index contributed by atoms with van der Waals surface area (Å²) in [5.74, 6) is 1.72. The zero-order valence-electron chi connectivity index (χ0n) is 12.3. The third kappa shape index (κ3) is 3.92. The number of hydrogen-bond acceptors (Lipinski definition) is 1. The third-order valence-electron chi connectivity index (χ3n) is 4.67. The third-order valence-corrected chi connectivity index (χ3v) is 4.67. The summed E-state index contributed by atoms with van der Waals surface area (Å²) in [6.45, 7) is 4.43. The normalized spacial score (nSPS) is 17.6. The number of Topliss-reactive ketones (excluding diaryl/α,β-unsaturated/α-hetero) is 1. The van der Waals surface area contributed by atoms with Crippen LogP contribution in [0.3, 0.4) is 0 Å². The minimum absolute atomic E-state index is 0.322. The molecular weight excluding hydrogens is 232 g/mol. The number of carbonyl (C=O) groups excluding carboxylic acids is 1. The van der Waals surface area contributed by atoms with Crippen LogP contribution in [-0.2, 0) is 0 Å². The van der Waals surface area contributed by atoms with Gasteiger partial charge in [-0.3, -0.25) is 4.79 Å². The van der Waals surface area contributed by atoms with Crippen LogP contribution < -0.4 is 0 Å². The van der Waals surface area contributed by atoms with Crippen LogP contribution in [-0.4, -0.2) is 5.78 Å². The highest BCUT2D eigenvalue weighted by Gasteiger charge is 2.16. The largest absolute Gasteiger partial charge is 0.294 e. The highest BCUT2D eigenvalue weighted by atomic mass is 16.1. The van der Waals surface area contributed by atoms with E-state index in [-0.39, 0.29) is 0 Å². The minimum Gasteiger partial charge on any atom is -0.294 e. The van der Waals surface area contributed by atoms with E-state index >= 15 is 0 Å². The van der Waals surface area contributed by atoms with Crippen molar-refractivity contribution in [2.24, 2.45) is 5.92 Å². The predicted molar refractivity (Wildman–Crippen MR) is 80.7 cm³/mol. The summed E-state index contributed by atoms with van der Waals surface area (Å²) in [5.41, 5.74) is 2.24. The SMILES string of the molecule is CCC(C)c1ccc(C(=O)CCC2CCCC2)cc1. The van der Waals surface area contributed by atoms with Gasteiger partial charge in [-0.2, -0.15) is 0 Å².